The Kier molecular flexibility index (Phi) is 6.30. The fourth-order valence-electron chi connectivity index (χ4n) is 0.507. The summed E-state index contributed by atoms with van der Waals surface area (Å²) in [6, 6.07) is 1.86. The van der Waals surface area contributed by atoms with Crippen LogP contribution in [0.5, 0.6) is 0 Å². The third kappa shape index (κ3) is 5.34. The summed E-state index contributed by atoms with van der Waals surface area (Å²) in [6.07, 6.45) is 6.05. The molecule has 0 fully saturated rings. The SMILES string of the molecule is COC(C=CC=CC#N)OC. The van der Waals surface area contributed by atoms with Crippen molar-refractivity contribution >= 4 is 0 Å². The normalized spacial score (nSPS) is 11.5. The summed E-state index contributed by atoms with van der Waals surface area (Å²) in [4.78, 5) is 0. The fourth-order valence-corrected chi connectivity index (χ4v) is 0.507. The minimum absolute atomic E-state index is 0.335. The van der Waals surface area contributed by atoms with E-state index in [0.29, 0.717) is 0 Å². The van der Waals surface area contributed by atoms with Crippen LogP contribution in [0.1, 0.15) is 0 Å². The number of rotatable bonds is 4. The lowest BCUT2D eigenvalue weighted by atomic mass is 10.4. The highest BCUT2D eigenvalue weighted by molar-refractivity contribution is 5.11. The molecule has 3 nitrogen and oxygen atoms in total. The van der Waals surface area contributed by atoms with Crippen LogP contribution in [-0.2, 0) is 9.47 Å². The number of allylic oxidation sites excluding steroid dienone is 3. The molecular formula is C8H11NO2. The third-order valence-corrected chi connectivity index (χ3v) is 1.01. The monoisotopic (exact) mass is 153 g/mol. The zero-order chi connectivity index (χ0) is 8.53. The number of hydrogen-bond donors (Lipinski definition) is 0. The summed E-state index contributed by atoms with van der Waals surface area (Å²) in [5.41, 5.74) is 0. The molecule has 0 aromatic carbocycles. The molecule has 0 N–H and O–H groups in total. The second-order valence-corrected chi connectivity index (χ2v) is 1.71. The highest BCUT2D eigenvalue weighted by Gasteiger charge is 1.94. The Morgan fingerprint density at radius 3 is 2.36 bits per heavy atom. The van der Waals surface area contributed by atoms with Crippen molar-refractivity contribution in [2.24, 2.45) is 0 Å². The average molecular weight is 153 g/mol. The summed E-state index contributed by atoms with van der Waals surface area (Å²) in [7, 11) is 3.10. The molecule has 0 unspecified atom stereocenters. The molecular weight excluding hydrogens is 142 g/mol. The smallest absolute Gasteiger partial charge is 0.176 e. The van der Waals surface area contributed by atoms with E-state index in [-0.39, 0.29) is 6.29 Å². The van der Waals surface area contributed by atoms with Crippen molar-refractivity contribution in [1.82, 2.24) is 0 Å². The maximum absolute atomic E-state index is 8.11. The van der Waals surface area contributed by atoms with Gasteiger partial charge in [0.1, 0.15) is 0 Å². The van der Waals surface area contributed by atoms with Crippen molar-refractivity contribution in [1.29, 1.82) is 5.26 Å². The summed E-state index contributed by atoms with van der Waals surface area (Å²) in [5, 5.41) is 8.11. The summed E-state index contributed by atoms with van der Waals surface area (Å²) in [6.45, 7) is 0. The van der Waals surface area contributed by atoms with Crippen LogP contribution in [0.25, 0.3) is 0 Å². The number of nitriles is 1. The molecule has 60 valence electrons. The highest BCUT2D eigenvalue weighted by Crippen LogP contribution is 1.92. The predicted molar refractivity (Wildman–Crippen MR) is 41.7 cm³/mol. The molecule has 0 aliphatic carbocycles. The van der Waals surface area contributed by atoms with Gasteiger partial charge >= 0.3 is 0 Å². The van der Waals surface area contributed by atoms with Gasteiger partial charge in [0.05, 0.1) is 6.07 Å². The summed E-state index contributed by atoms with van der Waals surface area (Å²) in [5.74, 6) is 0. The van der Waals surface area contributed by atoms with E-state index in [4.69, 9.17) is 14.7 Å². The molecule has 0 atom stereocenters. The Labute approximate surface area is 66.5 Å². The molecule has 0 aromatic rings. The molecule has 0 spiro atoms. The van der Waals surface area contributed by atoms with E-state index >= 15 is 0 Å². The first-order valence-electron chi connectivity index (χ1n) is 3.13. The van der Waals surface area contributed by atoms with Crippen molar-refractivity contribution in [3.05, 3.63) is 24.3 Å². The number of hydrogen-bond acceptors (Lipinski definition) is 3. The largest absolute Gasteiger partial charge is 0.352 e. The fraction of sp³-hybridized carbons (Fsp3) is 0.375. The molecule has 0 radical (unpaired) electrons. The lowest BCUT2D eigenvalue weighted by Gasteiger charge is -2.05. The maximum atomic E-state index is 8.11. The molecule has 0 saturated heterocycles. The average Bonchev–Trinajstić information content (AvgIpc) is 2.05. The quantitative estimate of drug-likeness (QED) is 0.346. The topological polar surface area (TPSA) is 42.2 Å². The Morgan fingerprint density at radius 1 is 1.27 bits per heavy atom. The first-order valence-corrected chi connectivity index (χ1v) is 3.13. The molecule has 0 bridgehead atoms. The van der Waals surface area contributed by atoms with E-state index in [1.807, 2.05) is 6.07 Å². The van der Waals surface area contributed by atoms with Crippen molar-refractivity contribution in [2.45, 2.75) is 6.29 Å². The van der Waals surface area contributed by atoms with Crippen LogP contribution in [0.3, 0.4) is 0 Å². The molecule has 0 amide bonds. The standard InChI is InChI=1S/C8H11NO2/c1-10-8(11-2)6-4-3-5-7-9/h3-6,8H,1-2H3. The van der Waals surface area contributed by atoms with E-state index in [1.54, 1.807) is 32.4 Å². The van der Waals surface area contributed by atoms with Crippen molar-refractivity contribution < 1.29 is 9.47 Å². The van der Waals surface area contributed by atoms with E-state index in [0.717, 1.165) is 0 Å². The van der Waals surface area contributed by atoms with Gasteiger partial charge in [0, 0.05) is 20.3 Å². The van der Waals surface area contributed by atoms with Gasteiger partial charge in [-0.05, 0) is 6.08 Å². The van der Waals surface area contributed by atoms with Crippen LogP contribution in [0.4, 0.5) is 0 Å². The van der Waals surface area contributed by atoms with Crippen LogP contribution < -0.4 is 0 Å². The van der Waals surface area contributed by atoms with Gasteiger partial charge in [-0.2, -0.15) is 5.26 Å². The number of methoxy groups -OCH3 is 2. The zero-order valence-electron chi connectivity index (χ0n) is 6.65. The molecule has 0 saturated carbocycles. The molecule has 0 aromatic heterocycles. The van der Waals surface area contributed by atoms with Crippen LogP contribution in [0.2, 0.25) is 0 Å². The van der Waals surface area contributed by atoms with Crippen molar-refractivity contribution in [3.63, 3.8) is 0 Å². The lowest BCUT2D eigenvalue weighted by molar-refractivity contribution is -0.0666. The Bertz CT molecular complexity index is 175. The highest BCUT2D eigenvalue weighted by atomic mass is 16.7. The Hall–Kier alpha value is -1.11. The third-order valence-electron chi connectivity index (χ3n) is 1.01. The molecule has 0 rings (SSSR count). The number of nitrogens with zero attached hydrogens (tertiary/aromatic N) is 1. The van der Waals surface area contributed by atoms with E-state index in [9.17, 15) is 0 Å². The van der Waals surface area contributed by atoms with Gasteiger partial charge < -0.3 is 9.47 Å². The maximum Gasteiger partial charge on any atom is 0.176 e. The molecule has 0 aliphatic rings. The summed E-state index contributed by atoms with van der Waals surface area (Å²) >= 11 is 0. The molecule has 0 heterocycles. The first kappa shape index (κ1) is 9.89. The summed E-state index contributed by atoms with van der Waals surface area (Å²) < 4.78 is 9.71. The van der Waals surface area contributed by atoms with Gasteiger partial charge in [-0.3, -0.25) is 0 Å². The Balaban J connectivity index is 3.72. The van der Waals surface area contributed by atoms with Crippen molar-refractivity contribution in [2.75, 3.05) is 14.2 Å². The zero-order valence-corrected chi connectivity index (χ0v) is 6.65. The van der Waals surface area contributed by atoms with Gasteiger partial charge in [0.2, 0.25) is 0 Å². The first-order chi connectivity index (χ1) is 5.35. The van der Waals surface area contributed by atoms with E-state index in [2.05, 4.69) is 0 Å². The molecule has 11 heavy (non-hydrogen) atoms. The second-order valence-electron chi connectivity index (χ2n) is 1.71. The van der Waals surface area contributed by atoms with Crippen molar-refractivity contribution in [3.8, 4) is 6.07 Å². The molecule has 3 heteroatoms. The van der Waals surface area contributed by atoms with Crippen LogP contribution in [0, 0.1) is 11.3 Å². The van der Waals surface area contributed by atoms with Gasteiger partial charge in [-0.25, -0.2) is 0 Å². The predicted octanol–water partition coefficient (Wildman–Crippen LogP) is 1.24. The van der Waals surface area contributed by atoms with Gasteiger partial charge in [-0.15, -0.1) is 0 Å². The van der Waals surface area contributed by atoms with Crippen LogP contribution in [-0.4, -0.2) is 20.5 Å². The Morgan fingerprint density at radius 2 is 1.91 bits per heavy atom. The lowest BCUT2D eigenvalue weighted by Crippen LogP contribution is -2.08. The minimum Gasteiger partial charge on any atom is -0.352 e. The minimum atomic E-state index is -0.335. The number of ether oxygens (including phenoxy) is 2. The van der Waals surface area contributed by atoms with E-state index in [1.165, 1.54) is 6.08 Å². The van der Waals surface area contributed by atoms with Gasteiger partial charge in [-0.1, -0.05) is 12.2 Å². The van der Waals surface area contributed by atoms with E-state index < -0.39 is 0 Å². The van der Waals surface area contributed by atoms with Gasteiger partial charge in [0.15, 0.2) is 6.29 Å². The second kappa shape index (κ2) is 7.00. The molecule has 0 aliphatic heterocycles. The van der Waals surface area contributed by atoms with Gasteiger partial charge in [0.25, 0.3) is 0 Å². The van der Waals surface area contributed by atoms with Crippen LogP contribution in [0.15, 0.2) is 24.3 Å². The van der Waals surface area contributed by atoms with Crippen LogP contribution >= 0.6 is 0 Å².